The number of ether oxygens (including phenoxy) is 1. The predicted octanol–water partition coefficient (Wildman–Crippen LogP) is 6.06. The van der Waals surface area contributed by atoms with Crippen LogP contribution < -0.4 is 21.1 Å². The van der Waals surface area contributed by atoms with Gasteiger partial charge in [0.15, 0.2) is 5.75 Å². The van der Waals surface area contributed by atoms with Crippen LogP contribution in [-0.4, -0.2) is 37.0 Å². The average Bonchev–Trinajstić information content (AvgIpc) is 2.73. The molecule has 0 bridgehead atoms. The number of hydrogen-bond donors (Lipinski definition) is 3. The summed E-state index contributed by atoms with van der Waals surface area (Å²) in [5.41, 5.74) is 9.19. The van der Waals surface area contributed by atoms with E-state index < -0.39 is 4.87 Å². The zero-order chi connectivity index (χ0) is 23.7. The van der Waals surface area contributed by atoms with E-state index >= 15 is 0 Å². The number of likely N-dealkylation sites (N-methyl/N-ethyl adjacent to an activating group) is 1. The fourth-order valence-electron chi connectivity index (χ4n) is 3.41. The number of nitrogens with zero attached hydrogens (tertiary/aromatic N) is 1. The molecule has 0 radical (unpaired) electrons. The molecule has 2 aromatic carbocycles. The number of halogens is 2. The van der Waals surface area contributed by atoms with Crippen LogP contribution in [-0.2, 0) is 6.54 Å². The Kier molecular flexibility index (Phi) is 10.0. The largest absolute Gasteiger partial charge is 0.488 e. The average molecular weight is 479 g/mol. The van der Waals surface area contributed by atoms with Crippen molar-refractivity contribution in [1.82, 2.24) is 4.90 Å². The van der Waals surface area contributed by atoms with Gasteiger partial charge < -0.3 is 26.0 Å². The second kappa shape index (κ2) is 12.2. The standard InChI is InChI=1S/C25H36Cl2N4O/c1-6-19(25(2,3)27)22(26)24(28)30-21-14-10-13-20(23(21)32-16-15-31(4)5)29-17-18-11-8-7-9-12-18/h7-14,19,29-30H,6,15-17,28H2,1-5H3/b24-22-. The molecule has 0 amide bonds. The summed E-state index contributed by atoms with van der Waals surface area (Å²) in [5.74, 6) is 1.01. The van der Waals surface area contributed by atoms with Crippen molar-refractivity contribution in [2.45, 2.75) is 38.6 Å². The summed E-state index contributed by atoms with van der Waals surface area (Å²) in [4.78, 5) is 1.56. The molecule has 1 unspecified atom stereocenters. The van der Waals surface area contributed by atoms with Crippen LogP contribution in [0, 0.1) is 5.92 Å². The summed E-state index contributed by atoms with van der Waals surface area (Å²) in [6.07, 6.45) is 0.780. The molecule has 0 fully saturated rings. The highest BCUT2D eigenvalue weighted by Crippen LogP contribution is 2.38. The first-order valence-corrected chi connectivity index (χ1v) is 11.7. The van der Waals surface area contributed by atoms with Gasteiger partial charge in [0.05, 0.1) is 16.4 Å². The predicted molar refractivity (Wildman–Crippen MR) is 139 cm³/mol. The van der Waals surface area contributed by atoms with E-state index in [1.54, 1.807) is 0 Å². The maximum atomic E-state index is 6.66. The highest BCUT2D eigenvalue weighted by Gasteiger charge is 2.30. The zero-order valence-electron chi connectivity index (χ0n) is 19.7. The van der Waals surface area contributed by atoms with Gasteiger partial charge in [-0.2, -0.15) is 0 Å². The Labute approximate surface area is 202 Å². The molecule has 0 aromatic heterocycles. The molecule has 1 atom stereocenters. The number of nitrogens with two attached hydrogens (primary N) is 1. The second-order valence-electron chi connectivity index (χ2n) is 8.59. The number of alkyl halides is 1. The van der Waals surface area contributed by atoms with E-state index in [4.69, 9.17) is 33.7 Å². The lowest BCUT2D eigenvalue weighted by Crippen LogP contribution is -2.27. The number of para-hydroxylation sites is 1. The number of allylic oxidation sites excluding steroid dienone is 1. The molecule has 2 aromatic rings. The van der Waals surface area contributed by atoms with Gasteiger partial charge in [-0.1, -0.05) is 54.9 Å². The number of benzene rings is 2. The fourth-order valence-corrected chi connectivity index (χ4v) is 4.21. The summed E-state index contributed by atoms with van der Waals surface area (Å²) in [6.45, 7) is 7.95. The van der Waals surface area contributed by atoms with Crippen molar-refractivity contribution in [2.24, 2.45) is 11.7 Å². The zero-order valence-corrected chi connectivity index (χ0v) is 21.2. The highest BCUT2D eigenvalue weighted by molar-refractivity contribution is 6.32. The number of anilines is 2. The third-order valence-corrected chi connectivity index (χ3v) is 5.93. The van der Waals surface area contributed by atoms with Crippen LogP contribution in [0.2, 0.25) is 0 Å². The van der Waals surface area contributed by atoms with Gasteiger partial charge in [-0.05, 0) is 52.1 Å². The summed E-state index contributed by atoms with van der Waals surface area (Å²) in [6, 6.07) is 16.1. The third kappa shape index (κ3) is 7.80. The molecule has 0 aliphatic heterocycles. The van der Waals surface area contributed by atoms with E-state index in [1.165, 1.54) is 5.56 Å². The molecule has 2 rings (SSSR count). The minimum Gasteiger partial charge on any atom is -0.488 e. The highest BCUT2D eigenvalue weighted by atomic mass is 35.5. The first kappa shape index (κ1) is 26.2. The van der Waals surface area contributed by atoms with Gasteiger partial charge >= 0.3 is 0 Å². The van der Waals surface area contributed by atoms with Gasteiger partial charge in [-0.15, -0.1) is 11.6 Å². The van der Waals surface area contributed by atoms with Gasteiger partial charge in [-0.25, -0.2) is 0 Å². The van der Waals surface area contributed by atoms with Crippen molar-refractivity contribution in [3.8, 4) is 5.75 Å². The van der Waals surface area contributed by atoms with Crippen LogP contribution in [0.3, 0.4) is 0 Å². The number of hydrogen-bond acceptors (Lipinski definition) is 5. The lowest BCUT2D eigenvalue weighted by atomic mass is 9.91. The van der Waals surface area contributed by atoms with E-state index in [0.29, 0.717) is 29.8 Å². The molecular weight excluding hydrogens is 443 g/mol. The molecule has 5 nitrogen and oxygen atoms in total. The molecule has 0 aliphatic rings. The molecule has 4 N–H and O–H groups in total. The Balaban J connectivity index is 2.32. The topological polar surface area (TPSA) is 62.6 Å². The first-order chi connectivity index (χ1) is 15.1. The van der Waals surface area contributed by atoms with E-state index in [-0.39, 0.29) is 5.92 Å². The molecule has 0 saturated heterocycles. The normalized spacial score (nSPS) is 13.5. The summed E-state index contributed by atoms with van der Waals surface area (Å²) < 4.78 is 6.19. The molecule has 0 aliphatic carbocycles. The van der Waals surface area contributed by atoms with Crippen LogP contribution in [0.1, 0.15) is 32.8 Å². The summed E-state index contributed by atoms with van der Waals surface area (Å²) >= 11 is 13.2. The molecule has 32 heavy (non-hydrogen) atoms. The Hall–Kier alpha value is -2.08. The molecule has 176 valence electrons. The SMILES string of the molecule is CCC(/C(Cl)=C(\N)Nc1cccc(NCc2ccccc2)c1OCCN(C)C)C(C)(C)Cl. The van der Waals surface area contributed by atoms with Crippen molar-refractivity contribution in [3.63, 3.8) is 0 Å². The third-order valence-electron chi connectivity index (χ3n) is 5.20. The fraction of sp³-hybridized carbons (Fsp3) is 0.440. The van der Waals surface area contributed by atoms with E-state index in [0.717, 1.165) is 24.3 Å². The van der Waals surface area contributed by atoms with Crippen LogP contribution in [0.15, 0.2) is 59.4 Å². The van der Waals surface area contributed by atoms with Gasteiger partial charge in [0.2, 0.25) is 0 Å². The van der Waals surface area contributed by atoms with Gasteiger partial charge in [-0.3, -0.25) is 0 Å². The maximum absolute atomic E-state index is 6.66. The van der Waals surface area contributed by atoms with Crippen molar-refractivity contribution >= 4 is 34.6 Å². The second-order valence-corrected chi connectivity index (χ2v) is 9.97. The molecule has 0 heterocycles. The van der Waals surface area contributed by atoms with E-state index in [2.05, 4.69) is 27.7 Å². The molecular formula is C25H36Cl2N4O. The Morgan fingerprint density at radius 1 is 1.09 bits per heavy atom. The molecule has 0 saturated carbocycles. The van der Waals surface area contributed by atoms with Crippen LogP contribution in [0.5, 0.6) is 5.75 Å². The summed E-state index contributed by atoms with van der Waals surface area (Å²) in [5, 5.41) is 7.26. The van der Waals surface area contributed by atoms with Crippen molar-refractivity contribution in [3.05, 3.63) is 64.9 Å². The van der Waals surface area contributed by atoms with E-state index in [1.807, 2.05) is 71.3 Å². The number of nitrogens with one attached hydrogen (secondary N) is 2. The number of rotatable bonds is 12. The minimum absolute atomic E-state index is 0.0733. The quantitative estimate of drug-likeness (QED) is 0.323. The minimum atomic E-state index is -0.512. The Bertz CT molecular complexity index is 879. The molecule has 0 spiro atoms. The lowest BCUT2D eigenvalue weighted by Gasteiger charge is -2.28. The van der Waals surface area contributed by atoms with Gasteiger partial charge in [0.25, 0.3) is 0 Å². The monoisotopic (exact) mass is 478 g/mol. The smallest absolute Gasteiger partial charge is 0.165 e. The van der Waals surface area contributed by atoms with Crippen LogP contribution in [0.4, 0.5) is 11.4 Å². The van der Waals surface area contributed by atoms with E-state index in [9.17, 15) is 0 Å². The van der Waals surface area contributed by atoms with Crippen LogP contribution >= 0.6 is 23.2 Å². The maximum Gasteiger partial charge on any atom is 0.165 e. The first-order valence-electron chi connectivity index (χ1n) is 10.9. The van der Waals surface area contributed by atoms with Crippen molar-refractivity contribution < 1.29 is 4.74 Å². The van der Waals surface area contributed by atoms with Crippen molar-refractivity contribution in [2.75, 3.05) is 37.9 Å². The summed E-state index contributed by atoms with van der Waals surface area (Å²) in [7, 11) is 4.03. The van der Waals surface area contributed by atoms with Crippen LogP contribution in [0.25, 0.3) is 0 Å². The Morgan fingerprint density at radius 3 is 2.34 bits per heavy atom. The lowest BCUT2D eigenvalue weighted by molar-refractivity contribution is 0.263. The molecule has 7 heteroatoms. The van der Waals surface area contributed by atoms with Crippen molar-refractivity contribution in [1.29, 1.82) is 0 Å². The van der Waals surface area contributed by atoms with Gasteiger partial charge in [0.1, 0.15) is 12.4 Å². The van der Waals surface area contributed by atoms with Gasteiger partial charge in [0, 0.05) is 23.9 Å². The Morgan fingerprint density at radius 2 is 1.75 bits per heavy atom.